The third kappa shape index (κ3) is 9.13. The van der Waals surface area contributed by atoms with Crippen molar-refractivity contribution in [3.63, 3.8) is 0 Å². The van der Waals surface area contributed by atoms with Crippen LogP contribution < -0.4 is 10.6 Å². The summed E-state index contributed by atoms with van der Waals surface area (Å²) in [6, 6.07) is 0. The molecule has 0 saturated carbocycles. The van der Waals surface area contributed by atoms with Crippen LogP contribution in [0.4, 0.5) is 0 Å². The summed E-state index contributed by atoms with van der Waals surface area (Å²) < 4.78 is 7.34. The number of hydrogen-bond donors (Lipinski definition) is 2. The van der Waals surface area contributed by atoms with Crippen molar-refractivity contribution in [3.8, 4) is 0 Å². The van der Waals surface area contributed by atoms with Gasteiger partial charge in [-0.05, 0) is 20.3 Å². The third-order valence-electron chi connectivity index (χ3n) is 2.49. The first-order valence-corrected chi connectivity index (χ1v) is 6.92. The first-order valence-electron chi connectivity index (χ1n) is 6.92. The van der Waals surface area contributed by atoms with Crippen LogP contribution in [0.15, 0.2) is 23.7 Å². The van der Waals surface area contributed by atoms with Crippen molar-refractivity contribution >= 4 is 29.9 Å². The maximum Gasteiger partial charge on any atom is 0.191 e. The molecule has 1 heterocycles. The first kappa shape index (κ1) is 19.2. The van der Waals surface area contributed by atoms with E-state index in [0.717, 1.165) is 45.2 Å². The van der Waals surface area contributed by atoms with Crippen LogP contribution >= 0.6 is 24.0 Å². The van der Waals surface area contributed by atoms with Gasteiger partial charge in [0, 0.05) is 45.2 Å². The van der Waals surface area contributed by atoms with E-state index in [-0.39, 0.29) is 24.0 Å². The van der Waals surface area contributed by atoms with Crippen LogP contribution in [0, 0.1) is 0 Å². The molecule has 0 saturated heterocycles. The van der Waals surface area contributed by atoms with E-state index >= 15 is 0 Å². The largest absolute Gasteiger partial charge is 0.380 e. The predicted octanol–water partition coefficient (Wildman–Crippen LogP) is 1.48. The Hall–Kier alpha value is -0.830. The molecule has 6 nitrogen and oxygen atoms in total. The molecule has 20 heavy (non-hydrogen) atoms. The summed E-state index contributed by atoms with van der Waals surface area (Å²) in [5, 5.41) is 6.46. The molecule has 0 aliphatic carbocycles. The maximum atomic E-state index is 5.28. The summed E-state index contributed by atoms with van der Waals surface area (Å²) >= 11 is 0. The zero-order chi connectivity index (χ0) is 13.8. The molecule has 1 aromatic heterocycles. The lowest BCUT2D eigenvalue weighted by Gasteiger charge is -2.11. The van der Waals surface area contributed by atoms with Crippen molar-refractivity contribution in [1.29, 1.82) is 0 Å². The number of hydrogen-bond acceptors (Lipinski definition) is 3. The van der Waals surface area contributed by atoms with Gasteiger partial charge in [0.05, 0.1) is 12.9 Å². The number of nitrogens with zero attached hydrogens (tertiary/aromatic N) is 3. The van der Waals surface area contributed by atoms with Crippen LogP contribution in [0.2, 0.25) is 0 Å². The van der Waals surface area contributed by atoms with Crippen molar-refractivity contribution in [2.24, 2.45) is 4.99 Å². The Morgan fingerprint density at radius 2 is 2.20 bits per heavy atom. The second-order valence-corrected chi connectivity index (χ2v) is 4.04. The fourth-order valence-corrected chi connectivity index (χ4v) is 1.59. The van der Waals surface area contributed by atoms with Gasteiger partial charge in [0.25, 0.3) is 0 Å². The quantitative estimate of drug-likeness (QED) is 0.288. The number of halogens is 1. The van der Waals surface area contributed by atoms with E-state index in [1.807, 2.05) is 19.4 Å². The van der Waals surface area contributed by atoms with Gasteiger partial charge in [-0.25, -0.2) is 4.98 Å². The monoisotopic (exact) mass is 395 g/mol. The molecule has 116 valence electrons. The number of rotatable bonds is 9. The van der Waals surface area contributed by atoms with E-state index in [4.69, 9.17) is 4.74 Å². The third-order valence-corrected chi connectivity index (χ3v) is 2.49. The van der Waals surface area contributed by atoms with Crippen molar-refractivity contribution in [2.45, 2.75) is 26.8 Å². The number of aromatic nitrogens is 2. The van der Waals surface area contributed by atoms with Crippen LogP contribution in [0.5, 0.6) is 0 Å². The number of guanidine groups is 1. The minimum Gasteiger partial charge on any atom is -0.380 e. The van der Waals surface area contributed by atoms with E-state index in [1.54, 1.807) is 6.20 Å². The summed E-state index contributed by atoms with van der Waals surface area (Å²) in [7, 11) is 0. The highest BCUT2D eigenvalue weighted by Gasteiger charge is 1.96. The highest BCUT2D eigenvalue weighted by molar-refractivity contribution is 14.0. The molecule has 0 bridgehead atoms. The lowest BCUT2D eigenvalue weighted by atomic mass is 10.4. The van der Waals surface area contributed by atoms with Crippen LogP contribution in [0.1, 0.15) is 20.3 Å². The molecule has 1 aromatic rings. The van der Waals surface area contributed by atoms with Gasteiger partial charge in [-0.2, -0.15) is 0 Å². The minimum atomic E-state index is 0. The van der Waals surface area contributed by atoms with Gasteiger partial charge in [-0.3, -0.25) is 4.99 Å². The summed E-state index contributed by atoms with van der Waals surface area (Å²) in [5.41, 5.74) is 0. The lowest BCUT2D eigenvalue weighted by Crippen LogP contribution is -2.39. The molecule has 0 fully saturated rings. The number of nitrogens with one attached hydrogen (secondary N) is 2. The van der Waals surface area contributed by atoms with Crippen molar-refractivity contribution in [1.82, 2.24) is 20.2 Å². The summed E-state index contributed by atoms with van der Waals surface area (Å²) in [5.74, 6) is 0.854. The Kier molecular flexibility index (Phi) is 12.6. The molecule has 0 aromatic carbocycles. The van der Waals surface area contributed by atoms with Crippen LogP contribution in [0.25, 0.3) is 0 Å². The molecule has 1 rings (SSSR count). The zero-order valence-corrected chi connectivity index (χ0v) is 14.7. The highest BCUT2D eigenvalue weighted by atomic mass is 127. The smallest absolute Gasteiger partial charge is 0.191 e. The fourth-order valence-electron chi connectivity index (χ4n) is 1.59. The molecule has 0 amide bonds. The van der Waals surface area contributed by atoms with Gasteiger partial charge in [0.2, 0.25) is 0 Å². The minimum absolute atomic E-state index is 0. The molecular formula is C13H26IN5O. The lowest BCUT2D eigenvalue weighted by molar-refractivity contribution is 0.152. The molecule has 0 radical (unpaired) electrons. The van der Waals surface area contributed by atoms with Gasteiger partial charge < -0.3 is 19.9 Å². The van der Waals surface area contributed by atoms with Gasteiger partial charge in [0.15, 0.2) is 5.96 Å². The number of aryl methyl sites for hydroxylation is 1. The van der Waals surface area contributed by atoms with Gasteiger partial charge in [-0.15, -0.1) is 24.0 Å². The second kappa shape index (κ2) is 13.2. The first-order chi connectivity index (χ1) is 9.36. The Morgan fingerprint density at radius 3 is 2.85 bits per heavy atom. The number of aliphatic imine (C=N–C) groups is 1. The SMILES string of the molecule is CCNC(=NCCCn1ccnc1)NCCOCC.I. The van der Waals surface area contributed by atoms with E-state index < -0.39 is 0 Å². The fraction of sp³-hybridized carbons (Fsp3) is 0.692. The number of imidazole rings is 1. The second-order valence-electron chi connectivity index (χ2n) is 4.04. The topological polar surface area (TPSA) is 63.5 Å². The van der Waals surface area contributed by atoms with E-state index in [0.29, 0.717) is 6.61 Å². The Morgan fingerprint density at radius 1 is 1.35 bits per heavy atom. The van der Waals surface area contributed by atoms with Gasteiger partial charge in [-0.1, -0.05) is 0 Å². The van der Waals surface area contributed by atoms with Crippen LogP contribution in [-0.2, 0) is 11.3 Å². The van der Waals surface area contributed by atoms with Crippen molar-refractivity contribution in [3.05, 3.63) is 18.7 Å². The summed E-state index contributed by atoms with van der Waals surface area (Å²) in [6.07, 6.45) is 6.59. The normalized spacial score (nSPS) is 11.0. The number of ether oxygens (including phenoxy) is 1. The zero-order valence-electron chi connectivity index (χ0n) is 12.3. The molecule has 0 unspecified atom stereocenters. The standard InChI is InChI=1S/C13H25N5O.HI/c1-3-15-13(17-8-11-19-4-2)16-6-5-9-18-10-7-14-12-18;/h7,10,12H,3-6,8-9,11H2,1-2H3,(H2,15,16,17);1H. The van der Waals surface area contributed by atoms with Gasteiger partial charge >= 0.3 is 0 Å². The van der Waals surface area contributed by atoms with Crippen molar-refractivity contribution in [2.75, 3.05) is 32.8 Å². The average Bonchev–Trinajstić information content (AvgIpc) is 2.92. The van der Waals surface area contributed by atoms with E-state index in [2.05, 4.69) is 32.1 Å². The van der Waals surface area contributed by atoms with Crippen LogP contribution in [0.3, 0.4) is 0 Å². The molecular weight excluding hydrogens is 369 g/mol. The molecule has 0 atom stereocenters. The van der Waals surface area contributed by atoms with Gasteiger partial charge in [0.1, 0.15) is 0 Å². The molecule has 0 aliphatic heterocycles. The summed E-state index contributed by atoms with van der Waals surface area (Å²) in [4.78, 5) is 8.53. The Balaban J connectivity index is 0.00000361. The van der Waals surface area contributed by atoms with E-state index in [9.17, 15) is 0 Å². The predicted molar refractivity (Wildman–Crippen MR) is 92.7 cm³/mol. The molecule has 2 N–H and O–H groups in total. The van der Waals surface area contributed by atoms with Crippen LogP contribution in [-0.4, -0.2) is 48.4 Å². The summed E-state index contributed by atoms with van der Waals surface area (Å²) in [6.45, 7) is 8.89. The average molecular weight is 395 g/mol. The van der Waals surface area contributed by atoms with Crippen molar-refractivity contribution < 1.29 is 4.74 Å². The molecule has 0 spiro atoms. The highest BCUT2D eigenvalue weighted by Crippen LogP contribution is 1.91. The van der Waals surface area contributed by atoms with E-state index in [1.165, 1.54) is 0 Å². The Labute approximate surface area is 138 Å². The Bertz CT molecular complexity index is 343. The molecule has 7 heteroatoms. The molecule has 0 aliphatic rings. The maximum absolute atomic E-state index is 5.28.